The molecule has 1 saturated heterocycles. The van der Waals surface area contributed by atoms with Gasteiger partial charge in [0.25, 0.3) is 0 Å². The number of piperidine rings is 1. The van der Waals surface area contributed by atoms with Gasteiger partial charge in [-0.1, -0.05) is 12.1 Å². The maximum Gasteiger partial charge on any atom is 0.225 e. The molecule has 26 heavy (non-hydrogen) atoms. The highest BCUT2D eigenvalue weighted by Crippen LogP contribution is 2.33. The van der Waals surface area contributed by atoms with Gasteiger partial charge in [0.05, 0.1) is 24.8 Å². The number of hydrogen-bond donors (Lipinski definition) is 0. The van der Waals surface area contributed by atoms with Crippen LogP contribution in [0, 0.1) is 12.7 Å². The fourth-order valence-electron chi connectivity index (χ4n) is 3.54. The molecular formula is C21H25FN2O2. The number of amides is 1. The van der Waals surface area contributed by atoms with Crippen LogP contribution in [0.4, 0.5) is 4.39 Å². The second-order valence-corrected chi connectivity index (χ2v) is 6.77. The van der Waals surface area contributed by atoms with Crippen molar-refractivity contribution in [2.24, 2.45) is 0 Å². The Morgan fingerprint density at radius 3 is 2.73 bits per heavy atom. The van der Waals surface area contributed by atoms with Crippen LogP contribution in [0.25, 0.3) is 11.1 Å². The monoisotopic (exact) mass is 356 g/mol. The highest BCUT2D eigenvalue weighted by atomic mass is 19.1. The van der Waals surface area contributed by atoms with Gasteiger partial charge in [-0.2, -0.15) is 0 Å². The minimum absolute atomic E-state index is 0.00722. The smallest absolute Gasteiger partial charge is 0.225 e. The van der Waals surface area contributed by atoms with E-state index in [1.165, 1.54) is 12.1 Å². The number of pyridine rings is 1. The Kier molecular flexibility index (Phi) is 5.99. The molecule has 4 nitrogen and oxygen atoms in total. The summed E-state index contributed by atoms with van der Waals surface area (Å²) in [5, 5.41) is 0. The number of nitrogens with zero attached hydrogens (tertiary/aromatic N) is 2. The molecule has 0 spiro atoms. The fraction of sp³-hybridized carbons (Fsp3) is 0.429. The number of ether oxygens (including phenoxy) is 1. The van der Waals surface area contributed by atoms with Crippen molar-refractivity contribution in [3.63, 3.8) is 0 Å². The molecule has 1 aromatic carbocycles. The van der Waals surface area contributed by atoms with Gasteiger partial charge in [-0.15, -0.1) is 0 Å². The summed E-state index contributed by atoms with van der Waals surface area (Å²) in [4.78, 5) is 19.3. The molecule has 0 unspecified atom stereocenters. The van der Waals surface area contributed by atoms with Crippen LogP contribution < -0.4 is 0 Å². The number of benzene rings is 1. The van der Waals surface area contributed by atoms with Crippen molar-refractivity contribution >= 4 is 5.91 Å². The maximum atomic E-state index is 13.2. The van der Waals surface area contributed by atoms with E-state index < -0.39 is 0 Å². The second kappa shape index (κ2) is 8.41. The molecule has 0 saturated carbocycles. The normalized spacial score (nSPS) is 17.3. The summed E-state index contributed by atoms with van der Waals surface area (Å²) < 4.78 is 18.3. The van der Waals surface area contributed by atoms with Crippen molar-refractivity contribution in [3.05, 3.63) is 53.6 Å². The van der Waals surface area contributed by atoms with Gasteiger partial charge in [-0.05, 0) is 61.6 Å². The lowest BCUT2D eigenvalue weighted by atomic mass is 9.95. The minimum atomic E-state index is -0.248. The lowest BCUT2D eigenvalue weighted by Gasteiger charge is -2.35. The van der Waals surface area contributed by atoms with Gasteiger partial charge in [0.15, 0.2) is 0 Å². The topological polar surface area (TPSA) is 42.4 Å². The second-order valence-electron chi connectivity index (χ2n) is 6.77. The lowest BCUT2D eigenvalue weighted by Crippen LogP contribution is -2.39. The molecule has 138 valence electrons. The summed E-state index contributed by atoms with van der Waals surface area (Å²) in [5.74, 6) is -0.134. The van der Waals surface area contributed by atoms with Crippen molar-refractivity contribution in [2.75, 3.05) is 20.3 Å². The van der Waals surface area contributed by atoms with E-state index in [-0.39, 0.29) is 17.8 Å². The first kappa shape index (κ1) is 18.5. The highest BCUT2D eigenvalue weighted by molar-refractivity contribution is 5.77. The van der Waals surface area contributed by atoms with Crippen molar-refractivity contribution < 1.29 is 13.9 Å². The van der Waals surface area contributed by atoms with Crippen molar-refractivity contribution in [3.8, 4) is 11.1 Å². The molecule has 0 bridgehead atoms. The summed E-state index contributed by atoms with van der Waals surface area (Å²) in [7, 11) is 1.61. The van der Waals surface area contributed by atoms with Crippen LogP contribution in [0.3, 0.4) is 0 Å². The first-order chi connectivity index (χ1) is 12.6. The summed E-state index contributed by atoms with van der Waals surface area (Å²) in [5.41, 5.74) is 3.76. The molecule has 2 aromatic rings. The molecule has 5 heteroatoms. The van der Waals surface area contributed by atoms with E-state index in [1.54, 1.807) is 19.2 Å². The van der Waals surface area contributed by atoms with Gasteiger partial charge < -0.3 is 9.64 Å². The van der Waals surface area contributed by atoms with Gasteiger partial charge in [0.1, 0.15) is 5.82 Å². The zero-order chi connectivity index (χ0) is 18.5. The molecule has 1 aromatic heterocycles. The number of aryl methyl sites for hydroxylation is 1. The van der Waals surface area contributed by atoms with Crippen LogP contribution in [-0.2, 0) is 9.53 Å². The van der Waals surface area contributed by atoms with Crippen molar-refractivity contribution in [2.45, 2.75) is 38.6 Å². The van der Waals surface area contributed by atoms with E-state index in [0.717, 1.165) is 48.3 Å². The lowest BCUT2D eigenvalue weighted by molar-refractivity contribution is -0.136. The van der Waals surface area contributed by atoms with Crippen LogP contribution >= 0.6 is 0 Å². The summed E-state index contributed by atoms with van der Waals surface area (Å²) >= 11 is 0. The van der Waals surface area contributed by atoms with Gasteiger partial charge in [-0.3, -0.25) is 9.78 Å². The number of likely N-dealkylation sites (tertiary alicyclic amines) is 1. The van der Waals surface area contributed by atoms with Gasteiger partial charge in [0, 0.05) is 19.3 Å². The van der Waals surface area contributed by atoms with E-state index in [2.05, 4.69) is 0 Å². The van der Waals surface area contributed by atoms with Gasteiger partial charge >= 0.3 is 0 Å². The molecule has 3 rings (SSSR count). The van der Waals surface area contributed by atoms with Crippen molar-refractivity contribution in [1.82, 2.24) is 9.88 Å². The Bertz CT molecular complexity index is 761. The number of rotatable bonds is 5. The van der Waals surface area contributed by atoms with Crippen molar-refractivity contribution in [1.29, 1.82) is 0 Å². The first-order valence-corrected chi connectivity index (χ1v) is 9.11. The molecule has 1 amide bonds. The van der Waals surface area contributed by atoms with E-state index in [4.69, 9.17) is 9.72 Å². The van der Waals surface area contributed by atoms with Crippen LogP contribution in [0.1, 0.15) is 43.1 Å². The average Bonchev–Trinajstić information content (AvgIpc) is 2.66. The Balaban J connectivity index is 1.91. The maximum absolute atomic E-state index is 13.2. The summed E-state index contributed by atoms with van der Waals surface area (Å²) in [6.45, 7) is 3.15. The third kappa shape index (κ3) is 4.28. The average molecular weight is 356 g/mol. The Labute approximate surface area is 154 Å². The molecular weight excluding hydrogens is 331 g/mol. The zero-order valence-corrected chi connectivity index (χ0v) is 15.4. The number of carbonyl (C=O) groups is 1. The SMILES string of the molecule is COCCC(=O)N1CCCC[C@@H]1c1cc(-c2ccc(F)cc2)cc(C)n1. The van der Waals surface area contributed by atoms with Crippen LogP contribution in [0.5, 0.6) is 0 Å². The number of aromatic nitrogens is 1. The number of carbonyl (C=O) groups excluding carboxylic acids is 1. The summed E-state index contributed by atoms with van der Waals surface area (Å²) in [6, 6.07) is 10.5. The van der Waals surface area contributed by atoms with E-state index >= 15 is 0 Å². The standard InChI is InChI=1S/C21H25FN2O2/c1-15-13-17(16-6-8-18(22)9-7-16)14-19(23-15)20-5-3-4-11-24(20)21(25)10-12-26-2/h6-9,13-14,20H,3-5,10-12H2,1-2H3/t20-/m1/s1. The highest BCUT2D eigenvalue weighted by Gasteiger charge is 2.29. The predicted molar refractivity (Wildman–Crippen MR) is 99.2 cm³/mol. The molecule has 1 atom stereocenters. The Hall–Kier alpha value is -2.27. The van der Waals surface area contributed by atoms with Crippen LogP contribution in [0.15, 0.2) is 36.4 Å². The Morgan fingerprint density at radius 1 is 1.23 bits per heavy atom. The van der Waals surface area contributed by atoms with E-state index in [0.29, 0.717) is 13.0 Å². The molecule has 0 radical (unpaired) electrons. The number of halogens is 1. The van der Waals surface area contributed by atoms with E-state index in [1.807, 2.05) is 24.0 Å². The van der Waals surface area contributed by atoms with E-state index in [9.17, 15) is 9.18 Å². The fourth-order valence-corrected chi connectivity index (χ4v) is 3.54. The molecule has 1 aliphatic heterocycles. The van der Waals surface area contributed by atoms with Crippen LogP contribution in [-0.4, -0.2) is 36.1 Å². The molecule has 1 fully saturated rings. The number of methoxy groups -OCH3 is 1. The molecule has 0 aliphatic carbocycles. The summed E-state index contributed by atoms with van der Waals surface area (Å²) in [6.07, 6.45) is 3.41. The zero-order valence-electron chi connectivity index (χ0n) is 15.4. The molecule has 2 heterocycles. The quantitative estimate of drug-likeness (QED) is 0.803. The predicted octanol–water partition coefficient (Wildman–Crippen LogP) is 4.29. The molecule has 0 N–H and O–H groups in total. The third-order valence-electron chi connectivity index (χ3n) is 4.84. The molecule has 1 aliphatic rings. The number of hydrogen-bond acceptors (Lipinski definition) is 3. The van der Waals surface area contributed by atoms with Gasteiger partial charge in [-0.25, -0.2) is 4.39 Å². The Morgan fingerprint density at radius 2 is 2.00 bits per heavy atom. The van der Waals surface area contributed by atoms with Crippen LogP contribution in [0.2, 0.25) is 0 Å². The first-order valence-electron chi connectivity index (χ1n) is 9.11. The van der Waals surface area contributed by atoms with Gasteiger partial charge in [0.2, 0.25) is 5.91 Å². The third-order valence-corrected chi connectivity index (χ3v) is 4.84. The largest absolute Gasteiger partial charge is 0.384 e. The minimum Gasteiger partial charge on any atom is -0.384 e.